The second-order valence-electron chi connectivity index (χ2n) is 1.37. The minimum absolute atomic E-state index is 0.316. The Morgan fingerprint density at radius 1 is 1.89 bits per heavy atom. The highest BCUT2D eigenvalue weighted by Crippen LogP contribution is 2.03. The highest BCUT2D eigenvalue weighted by molar-refractivity contribution is 5.43. The van der Waals surface area contributed by atoms with E-state index in [1.165, 1.54) is 12.4 Å². The van der Waals surface area contributed by atoms with Crippen molar-refractivity contribution >= 4 is 6.47 Å². The predicted octanol–water partition coefficient (Wildman–Crippen LogP) is -0.868. The number of hydrogen-bond donors (Lipinski definition) is 1. The molecule has 0 radical (unpaired) electrons. The number of aromatic nitrogens is 2. The number of ether oxygens (including phenoxy) is 1. The van der Waals surface area contributed by atoms with Gasteiger partial charge in [-0.15, -0.1) is 0 Å². The Morgan fingerprint density at radius 3 is 3.11 bits per heavy atom. The van der Waals surface area contributed by atoms with E-state index >= 15 is 0 Å². The normalized spacial score (nSPS) is 8.89. The van der Waals surface area contributed by atoms with E-state index in [2.05, 4.69) is 9.84 Å². The third-order valence-corrected chi connectivity index (χ3v) is 0.762. The fourth-order valence-electron chi connectivity index (χ4n) is 0.437. The Balaban J connectivity index is 2.72. The van der Waals surface area contributed by atoms with E-state index in [0.29, 0.717) is 12.2 Å². The average Bonchev–Trinajstić information content (AvgIpc) is 2.17. The molecule has 0 amide bonds. The molecule has 0 fully saturated rings. The van der Waals surface area contributed by atoms with Crippen molar-refractivity contribution in [2.75, 3.05) is 5.84 Å². The zero-order valence-corrected chi connectivity index (χ0v) is 4.52. The van der Waals surface area contributed by atoms with Crippen LogP contribution in [0.15, 0.2) is 12.4 Å². The first-order valence-corrected chi connectivity index (χ1v) is 2.23. The Hall–Kier alpha value is -1.52. The SMILES string of the molecule is Nn1cc(OC=O)cn1. The monoisotopic (exact) mass is 127 g/mol. The maximum Gasteiger partial charge on any atom is 0.298 e. The molecule has 1 aromatic rings. The molecule has 0 saturated heterocycles. The molecule has 5 nitrogen and oxygen atoms in total. The third-order valence-electron chi connectivity index (χ3n) is 0.762. The highest BCUT2D eigenvalue weighted by atomic mass is 16.5. The van der Waals surface area contributed by atoms with E-state index in [1.807, 2.05) is 0 Å². The quantitative estimate of drug-likeness (QED) is 0.414. The summed E-state index contributed by atoms with van der Waals surface area (Å²) in [7, 11) is 0. The largest absolute Gasteiger partial charge is 0.425 e. The van der Waals surface area contributed by atoms with Crippen LogP contribution in [0.5, 0.6) is 5.75 Å². The molecule has 0 spiro atoms. The fraction of sp³-hybridized carbons (Fsp3) is 0. The number of carbonyl (C=O) groups excluding carboxylic acids is 1. The predicted molar refractivity (Wildman–Crippen MR) is 29.1 cm³/mol. The minimum Gasteiger partial charge on any atom is -0.425 e. The Bertz CT molecular complexity index is 207. The van der Waals surface area contributed by atoms with Crippen molar-refractivity contribution < 1.29 is 9.53 Å². The summed E-state index contributed by atoms with van der Waals surface area (Å²) >= 11 is 0. The van der Waals surface area contributed by atoms with Crippen LogP contribution in [0.2, 0.25) is 0 Å². The molecular weight excluding hydrogens is 122 g/mol. The summed E-state index contributed by atoms with van der Waals surface area (Å²) in [6.45, 7) is 0.316. The summed E-state index contributed by atoms with van der Waals surface area (Å²) in [4.78, 5) is 10.7. The van der Waals surface area contributed by atoms with Crippen LogP contribution in [0.1, 0.15) is 0 Å². The summed E-state index contributed by atoms with van der Waals surface area (Å²) in [5.74, 6) is 5.46. The molecule has 0 aliphatic rings. The van der Waals surface area contributed by atoms with E-state index in [9.17, 15) is 4.79 Å². The van der Waals surface area contributed by atoms with Crippen molar-refractivity contribution in [2.24, 2.45) is 0 Å². The maximum atomic E-state index is 9.68. The van der Waals surface area contributed by atoms with Crippen LogP contribution < -0.4 is 10.6 Å². The van der Waals surface area contributed by atoms with Crippen LogP contribution in [0, 0.1) is 0 Å². The van der Waals surface area contributed by atoms with Crippen LogP contribution in [0.4, 0.5) is 0 Å². The molecular formula is C4H5N3O2. The van der Waals surface area contributed by atoms with Gasteiger partial charge in [0.05, 0.1) is 12.4 Å². The number of nitrogen functional groups attached to an aromatic ring is 1. The molecule has 0 atom stereocenters. The molecule has 0 aliphatic heterocycles. The smallest absolute Gasteiger partial charge is 0.298 e. The number of rotatable bonds is 2. The molecule has 1 heterocycles. The molecule has 0 unspecified atom stereocenters. The van der Waals surface area contributed by atoms with Crippen molar-refractivity contribution in [3.05, 3.63) is 12.4 Å². The molecule has 0 bridgehead atoms. The summed E-state index contributed by atoms with van der Waals surface area (Å²) in [5, 5.41) is 3.55. The molecule has 0 aromatic carbocycles. The lowest BCUT2D eigenvalue weighted by molar-refractivity contribution is -0.120. The summed E-state index contributed by atoms with van der Waals surface area (Å²) < 4.78 is 4.38. The van der Waals surface area contributed by atoms with Crippen molar-refractivity contribution in [1.82, 2.24) is 9.89 Å². The highest BCUT2D eigenvalue weighted by Gasteiger charge is 1.92. The van der Waals surface area contributed by atoms with Gasteiger partial charge in [0.15, 0.2) is 5.75 Å². The molecule has 0 saturated carbocycles. The van der Waals surface area contributed by atoms with E-state index in [-0.39, 0.29) is 0 Å². The van der Waals surface area contributed by atoms with Gasteiger partial charge in [0, 0.05) is 0 Å². The zero-order valence-electron chi connectivity index (χ0n) is 4.52. The van der Waals surface area contributed by atoms with E-state index in [1.54, 1.807) is 0 Å². The van der Waals surface area contributed by atoms with Gasteiger partial charge in [-0.3, -0.25) is 4.79 Å². The van der Waals surface area contributed by atoms with Crippen LogP contribution in [0.25, 0.3) is 0 Å². The van der Waals surface area contributed by atoms with Crippen molar-refractivity contribution in [3.63, 3.8) is 0 Å². The number of nitrogens with two attached hydrogens (primary N) is 1. The van der Waals surface area contributed by atoms with Gasteiger partial charge >= 0.3 is 0 Å². The third kappa shape index (κ3) is 1.18. The fourth-order valence-corrected chi connectivity index (χ4v) is 0.437. The van der Waals surface area contributed by atoms with Crippen LogP contribution in [-0.4, -0.2) is 16.4 Å². The van der Waals surface area contributed by atoms with E-state index in [0.717, 1.165) is 4.79 Å². The Morgan fingerprint density at radius 2 is 2.67 bits per heavy atom. The van der Waals surface area contributed by atoms with Crippen molar-refractivity contribution in [1.29, 1.82) is 0 Å². The van der Waals surface area contributed by atoms with Gasteiger partial charge < -0.3 is 10.6 Å². The second kappa shape index (κ2) is 2.17. The molecule has 2 N–H and O–H groups in total. The van der Waals surface area contributed by atoms with Gasteiger partial charge in [0.2, 0.25) is 0 Å². The summed E-state index contributed by atoms with van der Waals surface area (Å²) in [6, 6.07) is 0. The van der Waals surface area contributed by atoms with Crippen molar-refractivity contribution in [3.8, 4) is 5.75 Å². The first-order valence-electron chi connectivity index (χ1n) is 2.23. The maximum absolute atomic E-state index is 9.68. The van der Waals surface area contributed by atoms with Crippen molar-refractivity contribution in [2.45, 2.75) is 0 Å². The molecule has 9 heavy (non-hydrogen) atoms. The van der Waals surface area contributed by atoms with Gasteiger partial charge in [-0.05, 0) is 0 Å². The summed E-state index contributed by atoms with van der Waals surface area (Å²) in [5.41, 5.74) is 0. The number of hydrogen-bond acceptors (Lipinski definition) is 4. The molecule has 1 aromatic heterocycles. The van der Waals surface area contributed by atoms with Gasteiger partial charge in [-0.1, -0.05) is 0 Å². The molecule has 1 rings (SSSR count). The number of carbonyl (C=O) groups is 1. The Kier molecular flexibility index (Phi) is 1.35. The molecule has 48 valence electrons. The van der Waals surface area contributed by atoms with E-state index < -0.39 is 0 Å². The topological polar surface area (TPSA) is 70.1 Å². The van der Waals surface area contributed by atoms with Crippen LogP contribution in [-0.2, 0) is 4.79 Å². The lowest BCUT2D eigenvalue weighted by Crippen LogP contribution is -2.07. The van der Waals surface area contributed by atoms with Gasteiger partial charge in [-0.2, -0.15) is 9.89 Å². The summed E-state index contributed by atoms with van der Waals surface area (Å²) in [6.07, 6.45) is 2.72. The molecule has 5 heteroatoms. The minimum atomic E-state index is 0.316. The van der Waals surface area contributed by atoms with Crippen LogP contribution in [0.3, 0.4) is 0 Å². The van der Waals surface area contributed by atoms with Gasteiger partial charge in [0.1, 0.15) is 0 Å². The average molecular weight is 127 g/mol. The van der Waals surface area contributed by atoms with Gasteiger partial charge in [-0.25, -0.2) is 0 Å². The zero-order chi connectivity index (χ0) is 6.69. The van der Waals surface area contributed by atoms with Gasteiger partial charge in [0.25, 0.3) is 6.47 Å². The number of nitrogens with zero attached hydrogens (tertiary/aromatic N) is 2. The first-order chi connectivity index (χ1) is 4.33. The standard InChI is InChI=1S/C4H5N3O2/c5-7-2-4(1-6-7)9-3-8/h1-3H,5H2. The lowest BCUT2D eigenvalue weighted by Gasteiger charge is -1.85. The lowest BCUT2D eigenvalue weighted by atomic mass is 10.7. The van der Waals surface area contributed by atoms with Crippen LogP contribution >= 0.6 is 0 Å². The van der Waals surface area contributed by atoms with E-state index in [4.69, 9.17) is 5.84 Å². The Labute approximate surface area is 51.0 Å². The molecule has 0 aliphatic carbocycles. The second-order valence-corrected chi connectivity index (χ2v) is 1.37. The first kappa shape index (κ1) is 5.61.